The summed E-state index contributed by atoms with van der Waals surface area (Å²) in [6.07, 6.45) is 4.81. The Morgan fingerprint density at radius 1 is 1.25 bits per heavy atom. The topological polar surface area (TPSA) is 36.4 Å². The largest absolute Gasteiger partial charge is 0.344 e. The molecule has 1 saturated heterocycles. The number of hydrogen-bond donors (Lipinski definition) is 0. The first-order valence-corrected chi connectivity index (χ1v) is 9.82. The van der Waals surface area contributed by atoms with Crippen molar-refractivity contribution < 1.29 is 4.79 Å². The van der Waals surface area contributed by atoms with Gasteiger partial charge in [-0.05, 0) is 56.8 Å². The molecule has 2 aliphatic rings. The lowest BCUT2D eigenvalue weighted by Gasteiger charge is -2.31. The van der Waals surface area contributed by atoms with Crippen LogP contribution in [0.2, 0.25) is 0 Å². The van der Waals surface area contributed by atoms with Gasteiger partial charge in [0.2, 0.25) is 5.91 Å². The molecule has 1 amide bonds. The maximum atomic E-state index is 12.3. The fraction of sp³-hybridized carbons (Fsp3) is 0.579. The van der Waals surface area contributed by atoms with Crippen molar-refractivity contribution in [3.05, 3.63) is 29.3 Å². The van der Waals surface area contributed by atoms with Crippen molar-refractivity contribution in [3.8, 4) is 0 Å². The van der Waals surface area contributed by atoms with Gasteiger partial charge in [-0.1, -0.05) is 12.1 Å². The Morgan fingerprint density at radius 2 is 2.00 bits per heavy atom. The third-order valence-corrected chi connectivity index (χ3v) is 6.46. The van der Waals surface area contributed by atoms with E-state index in [1.807, 2.05) is 23.3 Å². The van der Waals surface area contributed by atoms with E-state index in [0.29, 0.717) is 12.5 Å². The van der Waals surface area contributed by atoms with Crippen LogP contribution in [0.4, 0.5) is 0 Å². The van der Waals surface area contributed by atoms with E-state index >= 15 is 0 Å². The molecule has 2 aromatic rings. The number of likely N-dealkylation sites (tertiary alicyclic amines) is 1. The summed E-state index contributed by atoms with van der Waals surface area (Å²) < 4.78 is 1.28. The molecule has 0 spiro atoms. The van der Waals surface area contributed by atoms with E-state index in [1.54, 1.807) is 0 Å². The van der Waals surface area contributed by atoms with Gasteiger partial charge < -0.3 is 4.90 Å². The van der Waals surface area contributed by atoms with Crippen LogP contribution in [-0.4, -0.2) is 53.9 Å². The molecule has 1 aromatic carbocycles. The molecule has 0 unspecified atom stereocenters. The number of hydrogen-bond acceptors (Lipinski definition) is 4. The van der Waals surface area contributed by atoms with Crippen molar-refractivity contribution in [2.24, 2.45) is 5.92 Å². The van der Waals surface area contributed by atoms with Crippen molar-refractivity contribution in [3.63, 3.8) is 0 Å². The molecule has 2 heterocycles. The highest BCUT2D eigenvalue weighted by atomic mass is 32.1. The number of rotatable bonds is 5. The molecule has 128 valence electrons. The lowest BCUT2D eigenvalue weighted by atomic mass is 9.97. The summed E-state index contributed by atoms with van der Waals surface area (Å²) in [5, 5.41) is 1.27. The quantitative estimate of drug-likeness (QED) is 0.835. The van der Waals surface area contributed by atoms with Crippen LogP contribution in [0, 0.1) is 5.92 Å². The van der Waals surface area contributed by atoms with Gasteiger partial charge in [0.25, 0.3) is 0 Å². The Morgan fingerprint density at radius 3 is 2.71 bits per heavy atom. The summed E-state index contributed by atoms with van der Waals surface area (Å²) >= 11 is 1.83. The molecule has 5 heteroatoms. The average Bonchev–Trinajstić information content (AvgIpc) is 3.30. The third-order valence-electron chi connectivity index (χ3n) is 5.26. The fourth-order valence-electron chi connectivity index (χ4n) is 3.50. The van der Waals surface area contributed by atoms with Crippen LogP contribution in [0.1, 0.15) is 36.6 Å². The molecule has 2 fully saturated rings. The van der Waals surface area contributed by atoms with Gasteiger partial charge in [-0.3, -0.25) is 9.69 Å². The Labute approximate surface area is 147 Å². The highest BCUT2D eigenvalue weighted by molar-refractivity contribution is 7.18. The summed E-state index contributed by atoms with van der Waals surface area (Å²) in [5.41, 5.74) is 1.12. The Kier molecular flexibility index (Phi) is 4.55. The zero-order chi connectivity index (χ0) is 16.5. The van der Waals surface area contributed by atoms with Crippen LogP contribution in [0.5, 0.6) is 0 Å². The number of para-hydroxylation sites is 1. The first kappa shape index (κ1) is 16.0. The van der Waals surface area contributed by atoms with Crippen LogP contribution in [0.15, 0.2) is 24.3 Å². The minimum Gasteiger partial charge on any atom is -0.344 e. The SMILES string of the molecule is CN(CC1CC1)C(=O)CN1CCC(c2nc3ccccc3s2)CC1. The smallest absolute Gasteiger partial charge is 0.236 e. The van der Waals surface area contributed by atoms with E-state index in [1.165, 1.54) is 22.5 Å². The normalized spacial score (nSPS) is 19.7. The number of piperidine rings is 1. The van der Waals surface area contributed by atoms with Crippen LogP contribution in [0.25, 0.3) is 10.2 Å². The van der Waals surface area contributed by atoms with Gasteiger partial charge in [0.1, 0.15) is 0 Å². The Balaban J connectivity index is 1.30. The van der Waals surface area contributed by atoms with Gasteiger partial charge in [-0.25, -0.2) is 4.98 Å². The van der Waals surface area contributed by atoms with E-state index in [-0.39, 0.29) is 5.91 Å². The maximum absolute atomic E-state index is 12.3. The number of thiazole rings is 1. The number of benzene rings is 1. The molecule has 0 N–H and O–H groups in total. The minimum absolute atomic E-state index is 0.278. The van der Waals surface area contributed by atoms with Crippen molar-refractivity contribution in [2.75, 3.05) is 33.2 Å². The molecular formula is C19H25N3OS. The lowest BCUT2D eigenvalue weighted by Crippen LogP contribution is -2.42. The number of carbonyl (C=O) groups is 1. The van der Waals surface area contributed by atoms with E-state index in [9.17, 15) is 4.79 Å². The standard InChI is InChI=1S/C19H25N3OS/c1-21(12-14-6-7-14)18(23)13-22-10-8-15(9-11-22)19-20-16-4-2-3-5-17(16)24-19/h2-5,14-15H,6-13H2,1H3. The van der Waals surface area contributed by atoms with Crippen molar-refractivity contribution in [1.82, 2.24) is 14.8 Å². The second kappa shape index (κ2) is 6.81. The van der Waals surface area contributed by atoms with Crippen LogP contribution in [0.3, 0.4) is 0 Å². The summed E-state index contributed by atoms with van der Waals surface area (Å²) in [6.45, 7) is 3.53. The second-order valence-electron chi connectivity index (χ2n) is 7.29. The summed E-state index contributed by atoms with van der Waals surface area (Å²) in [5.74, 6) is 1.60. The number of likely N-dealkylation sites (N-methyl/N-ethyl adjacent to an activating group) is 1. The van der Waals surface area contributed by atoms with Crippen LogP contribution < -0.4 is 0 Å². The predicted octanol–water partition coefficient (Wildman–Crippen LogP) is 3.34. The van der Waals surface area contributed by atoms with Crippen molar-refractivity contribution in [1.29, 1.82) is 0 Å². The Bertz CT molecular complexity index is 683. The molecule has 4 rings (SSSR count). The van der Waals surface area contributed by atoms with Gasteiger partial charge in [-0.15, -0.1) is 11.3 Å². The van der Waals surface area contributed by atoms with Crippen LogP contribution in [-0.2, 0) is 4.79 Å². The molecule has 1 saturated carbocycles. The number of fused-ring (bicyclic) bond motifs is 1. The fourth-order valence-corrected chi connectivity index (χ4v) is 4.64. The van der Waals surface area contributed by atoms with Gasteiger partial charge in [0.15, 0.2) is 0 Å². The van der Waals surface area contributed by atoms with Crippen LogP contribution >= 0.6 is 11.3 Å². The number of nitrogens with zero attached hydrogens (tertiary/aromatic N) is 3. The first-order valence-electron chi connectivity index (χ1n) is 9.01. The van der Waals surface area contributed by atoms with E-state index in [4.69, 9.17) is 4.98 Å². The molecule has 1 aliphatic heterocycles. The van der Waals surface area contributed by atoms with Gasteiger partial charge in [0.05, 0.1) is 21.8 Å². The number of carbonyl (C=O) groups excluding carboxylic acids is 1. The van der Waals surface area contributed by atoms with E-state index in [2.05, 4.69) is 29.2 Å². The zero-order valence-electron chi connectivity index (χ0n) is 14.3. The molecule has 0 atom stereocenters. The van der Waals surface area contributed by atoms with E-state index in [0.717, 1.165) is 43.9 Å². The molecule has 1 aromatic heterocycles. The molecule has 1 aliphatic carbocycles. The number of amides is 1. The second-order valence-corrected chi connectivity index (χ2v) is 8.35. The highest BCUT2D eigenvalue weighted by Crippen LogP contribution is 2.34. The van der Waals surface area contributed by atoms with Gasteiger partial charge in [-0.2, -0.15) is 0 Å². The van der Waals surface area contributed by atoms with Crippen molar-refractivity contribution >= 4 is 27.5 Å². The number of aromatic nitrogens is 1. The average molecular weight is 343 g/mol. The lowest BCUT2D eigenvalue weighted by molar-refractivity contribution is -0.131. The minimum atomic E-state index is 0.278. The third kappa shape index (κ3) is 3.62. The molecule has 4 nitrogen and oxygen atoms in total. The highest BCUT2D eigenvalue weighted by Gasteiger charge is 2.27. The molecule has 24 heavy (non-hydrogen) atoms. The maximum Gasteiger partial charge on any atom is 0.236 e. The zero-order valence-corrected chi connectivity index (χ0v) is 15.1. The van der Waals surface area contributed by atoms with Gasteiger partial charge in [0, 0.05) is 19.5 Å². The summed E-state index contributed by atoms with van der Waals surface area (Å²) in [6, 6.07) is 8.38. The first-order chi connectivity index (χ1) is 11.7. The molecular weight excluding hydrogens is 318 g/mol. The van der Waals surface area contributed by atoms with Crippen molar-refractivity contribution in [2.45, 2.75) is 31.6 Å². The van der Waals surface area contributed by atoms with Gasteiger partial charge >= 0.3 is 0 Å². The summed E-state index contributed by atoms with van der Waals surface area (Å²) in [4.78, 5) is 21.4. The predicted molar refractivity (Wildman–Crippen MR) is 98.4 cm³/mol. The monoisotopic (exact) mass is 343 g/mol. The van der Waals surface area contributed by atoms with E-state index < -0.39 is 0 Å². The molecule has 0 radical (unpaired) electrons. The Hall–Kier alpha value is -1.46. The summed E-state index contributed by atoms with van der Waals surface area (Å²) in [7, 11) is 1.95. The molecule has 0 bridgehead atoms.